The first-order valence-electron chi connectivity index (χ1n) is 10.7. The van der Waals surface area contributed by atoms with Gasteiger partial charge in [0.05, 0.1) is 17.6 Å². The lowest BCUT2D eigenvalue weighted by molar-refractivity contribution is -0.131. The SMILES string of the molecule is CNC(=O)c1ccc(-n2cnc3c(NCCC(F)(F)F)cc(Oc4cccc(F)c4)cc32)cc1C. The smallest absolute Gasteiger partial charge is 0.390 e. The van der Waals surface area contributed by atoms with Gasteiger partial charge in [-0.15, -0.1) is 0 Å². The molecule has 35 heavy (non-hydrogen) atoms. The van der Waals surface area contributed by atoms with Gasteiger partial charge in [0.1, 0.15) is 29.2 Å². The Morgan fingerprint density at radius 3 is 2.57 bits per heavy atom. The van der Waals surface area contributed by atoms with Gasteiger partial charge in [0.2, 0.25) is 0 Å². The summed E-state index contributed by atoms with van der Waals surface area (Å²) in [6.45, 7) is 1.45. The van der Waals surface area contributed by atoms with Gasteiger partial charge in [-0.3, -0.25) is 9.36 Å². The Labute approximate surface area is 198 Å². The van der Waals surface area contributed by atoms with E-state index >= 15 is 0 Å². The van der Waals surface area contributed by atoms with E-state index in [0.717, 1.165) is 5.56 Å². The standard InChI is InChI=1S/C25H22F4N4O2/c1-15-10-17(6-7-20(15)24(34)30-2)33-14-32-23-21(31-9-8-25(27,28)29)12-19(13-22(23)33)35-18-5-3-4-16(26)11-18/h3-7,10-14,31H,8-9H2,1-2H3,(H,30,34). The highest BCUT2D eigenvalue weighted by molar-refractivity contribution is 5.96. The van der Waals surface area contributed by atoms with Crippen molar-refractivity contribution in [3.8, 4) is 17.2 Å². The second kappa shape index (κ2) is 9.65. The first kappa shape index (κ1) is 24.1. The third-order valence-electron chi connectivity index (χ3n) is 5.34. The summed E-state index contributed by atoms with van der Waals surface area (Å²) in [5.41, 5.74) is 3.29. The van der Waals surface area contributed by atoms with Crippen LogP contribution in [0.1, 0.15) is 22.3 Å². The second-order valence-corrected chi connectivity index (χ2v) is 7.88. The monoisotopic (exact) mass is 486 g/mol. The molecule has 182 valence electrons. The molecular formula is C25H22F4N4O2. The summed E-state index contributed by atoms with van der Waals surface area (Å²) in [4.78, 5) is 16.4. The number of rotatable bonds is 7. The van der Waals surface area contributed by atoms with Crippen LogP contribution in [-0.2, 0) is 0 Å². The molecule has 4 rings (SSSR count). The molecule has 6 nitrogen and oxygen atoms in total. The van der Waals surface area contributed by atoms with Crippen LogP contribution in [0.25, 0.3) is 16.7 Å². The Morgan fingerprint density at radius 1 is 1.09 bits per heavy atom. The van der Waals surface area contributed by atoms with Crippen molar-refractivity contribution in [3.05, 3.63) is 77.9 Å². The first-order valence-corrected chi connectivity index (χ1v) is 10.7. The normalized spacial score (nSPS) is 11.5. The highest BCUT2D eigenvalue weighted by atomic mass is 19.4. The minimum absolute atomic E-state index is 0.216. The van der Waals surface area contributed by atoms with Crippen LogP contribution in [0.15, 0.2) is 60.9 Å². The minimum Gasteiger partial charge on any atom is -0.457 e. The van der Waals surface area contributed by atoms with Gasteiger partial charge in [0.15, 0.2) is 0 Å². The van der Waals surface area contributed by atoms with E-state index in [-0.39, 0.29) is 24.0 Å². The highest BCUT2D eigenvalue weighted by Gasteiger charge is 2.26. The van der Waals surface area contributed by atoms with Gasteiger partial charge in [-0.25, -0.2) is 9.37 Å². The number of imidazole rings is 1. The topological polar surface area (TPSA) is 68.2 Å². The van der Waals surface area contributed by atoms with Gasteiger partial charge in [-0.1, -0.05) is 6.07 Å². The quantitative estimate of drug-likeness (QED) is 0.315. The number of hydrogen-bond acceptors (Lipinski definition) is 4. The van der Waals surface area contributed by atoms with Gasteiger partial charge in [0, 0.05) is 43.0 Å². The van der Waals surface area contributed by atoms with Crippen LogP contribution in [0.4, 0.5) is 23.2 Å². The Balaban J connectivity index is 1.77. The molecule has 0 fully saturated rings. The van der Waals surface area contributed by atoms with E-state index in [1.165, 1.54) is 24.3 Å². The van der Waals surface area contributed by atoms with Crippen LogP contribution < -0.4 is 15.4 Å². The van der Waals surface area contributed by atoms with E-state index in [9.17, 15) is 22.4 Å². The lowest BCUT2D eigenvalue weighted by Gasteiger charge is -2.14. The van der Waals surface area contributed by atoms with Crippen LogP contribution in [0.3, 0.4) is 0 Å². The van der Waals surface area contributed by atoms with Gasteiger partial charge in [-0.05, 0) is 42.8 Å². The summed E-state index contributed by atoms with van der Waals surface area (Å²) in [7, 11) is 1.55. The van der Waals surface area contributed by atoms with E-state index in [1.54, 1.807) is 49.1 Å². The van der Waals surface area contributed by atoms with E-state index in [0.29, 0.717) is 28.0 Å². The van der Waals surface area contributed by atoms with E-state index in [2.05, 4.69) is 15.6 Å². The number of ether oxygens (including phenoxy) is 1. The van der Waals surface area contributed by atoms with Crippen LogP contribution in [0, 0.1) is 12.7 Å². The molecule has 0 aliphatic heterocycles. The average molecular weight is 486 g/mol. The Kier molecular flexibility index (Phi) is 6.63. The number of nitrogens with zero attached hydrogens (tertiary/aromatic N) is 2. The van der Waals surface area contributed by atoms with Gasteiger partial charge >= 0.3 is 6.18 Å². The number of halogens is 4. The summed E-state index contributed by atoms with van der Waals surface area (Å²) < 4.78 is 59.3. The molecule has 0 aliphatic rings. The Bertz CT molecular complexity index is 1380. The maximum atomic E-state index is 13.6. The molecule has 0 atom stereocenters. The number of alkyl halides is 3. The third kappa shape index (κ3) is 5.53. The fraction of sp³-hybridized carbons (Fsp3) is 0.200. The molecule has 3 aromatic carbocycles. The zero-order chi connectivity index (χ0) is 25.2. The molecule has 0 radical (unpaired) electrons. The van der Waals surface area contributed by atoms with Crippen LogP contribution in [-0.4, -0.2) is 35.2 Å². The van der Waals surface area contributed by atoms with Crippen molar-refractivity contribution in [2.24, 2.45) is 0 Å². The van der Waals surface area contributed by atoms with Crippen molar-refractivity contribution >= 4 is 22.6 Å². The summed E-state index contributed by atoms with van der Waals surface area (Å²) in [6, 6.07) is 14.0. The van der Waals surface area contributed by atoms with E-state index < -0.39 is 18.4 Å². The number of amides is 1. The fourth-order valence-corrected chi connectivity index (χ4v) is 3.68. The van der Waals surface area contributed by atoms with Gasteiger partial charge in [-0.2, -0.15) is 13.2 Å². The molecule has 0 saturated heterocycles. The molecule has 4 aromatic rings. The van der Waals surface area contributed by atoms with Crippen molar-refractivity contribution < 1.29 is 27.1 Å². The van der Waals surface area contributed by atoms with Crippen molar-refractivity contribution in [2.75, 3.05) is 18.9 Å². The number of aromatic nitrogens is 2. The lowest BCUT2D eigenvalue weighted by atomic mass is 10.1. The molecule has 0 aliphatic carbocycles. The van der Waals surface area contributed by atoms with Crippen LogP contribution in [0.2, 0.25) is 0 Å². The number of nitrogens with one attached hydrogen (secondary N) is 2. The summed E-state index contributed by atoms with van der Waals surface area (Å²) >= 11 is 0. The Hall–Kier alpha value is -4.08. The van der Waals surface area contributed by atoms with Crippen molar-refractivity contribution in [1.82, 2.24) is 14.9 Å². The number of hydrogen-bond donors (Lipinski definition) is 2. The molecule has 0 unspecified atom stereocenters. The number of fused-ring (bicyclic) bond motifs is 1. The molecule has 0 saturated carbocycles. The predicted octanol–water partition coefficient (Wildman–Crippen LogP) is 5.99. The maximum absolute atomic E-state index is 13.6. The molecular weight excluding hydrogens is 464 g/mol. The van der Waals surface area contributed by atoms with Gasteiger partial charge < -0.3 is 15.4 Å². The zero-order valence-electron chi connectivity index (χ0n) is 18.9. The second-order valence-electron chi connectivity index (χ2n) is 7.88. The molecule has 1 amide bonds. The molecule has 0 bridgehead atoms. The average Bonchev–Trinajstić information content (AvgIpc) is 3.22. The zero-order valence-corrected chi connectivity index (χ0v) is 18.9. The molecule has 10 heteroatoms. The number of anilines is 1. The highest BCUT2D eigenvalue weighted by Crippen LogP contribution is 2.33. The first-order chi connectivity index (χ1) is 16.6. The summed E-state index contributed by atoms with van der Waals surface area (Å²) in [5.74, 6) is -0.171. The Morgan fingerprint density at radius 2 is 1.89 bits per heavy atom. The van der Waals surface area contributed by atoms with Crippen molar-refractivity contribution in [2.45, 2.75) is 19.5 Å². The number of carbonyl (C=O) groups excluding carboxylic acids is 1. The van der Waals surface area contributed by atoms with E-state index in [4.69, 9.17) is 4.74 Å². The number of carbonyl (C=O) groups is 1. The number of benzene rings is 3. The molecule has 0 spiro atoms. The van der Waals surface area contributed by atoms with Crippen molar-refractivity contribution in [1.29, 1.82) is 0 Å². The number of aryl methyl sites for hydroxylation is 1. The predicted molar refractivity (Wildman–Crippen MR) is 125 cm³/mol. The minimum atomic E-state index is -4.31. The molecule has 2 N–H and O–H groups in total. The maximum Gasteiger partial charge on any atom is 0.390 e. The van der Waals surface area contributed by atoms with Crippen LogP contribution in [0.5, 0.6) is 11.5 Å². The fourth-order valence-electron chi connectivity index (χ4n) is 3.68. The molecule has 1 aromatic heterocycles. The molecule has 1 heterocycles. The summed E-state index contributed by atoms with van der Waals surface area (Å²) in [6.07, 6.45) is -3.80. The lowest BCUT2D eigenvalue weighted by Crippen LogP contribution is -2.19. The van der Waals surface area contributed by atoms with Crippen LogP contribution >= 0.6 is 0 Å². The van der Waals surface area contributed by atoms with Gasteiger partial charge in [0.25, 0.3) is 5.91 Å². The van der Waals surface area contributed by atoms with Crippen molar-refractivity contribution in [3.63, 3.8) is 0 Å². The van der Waals surface area contributed by atoms with E-state index in [1.807, 2.05) is 6.07 Å². The third-order valence-corrected chi connectivity index (χ3v) is 5.34. The summed E-state index contributed by atoms with van der Waals surface area (Å²) in [5, 5.41) is 5.38. The largest absolute Gasteiger partial charge is 0.457 e.